The molecule has 0 spiro atoms. The summed E-state index contributed by atoms with van der Waals surface area (Å²) in [5.74, 6) is -0.312. The van der Waals surface area contributed by atoms with E-state index < -0.39 is 6.04 Å². The van der Waals surface area contributed by atoms with Gasteiger partial charge in [0.1, 0.15) is 6.07 Å². The molecule has 2 rings (SSSR count). The first-order chi connectivity index (χ1) is 10.1. The largest absolute Gasteiger partial charge is 0.323 e. The van der Waals surface area contributed by atoms with Crippen LogP contribution in [0.15, 0.2) is 53.0 Å². The van der Waals surface area contributed by atoms with E-state index in [2.05, 4.69) is 21.2 Å². The highest BCUT2D eigenvalue weighted by Crippen LogP contribution is 2.21. The fourth-order valence-corrected chi connectivity index (χ4v) is 2.26. The number of nitrogens with one attached hydrogen (secondary N) is 1. The number of hydrogen-bond acceptors (Lipinski definition) is 3. The summed E-state index contributed by atoms with van der Waals surface area (Å²) in [6.07, 6.45) is 0.447. The SMILES string of the molecule is N#Cc1ccc(Br)cc1NC(=O)[C@@H](N)Cc1ccccc1. The molecule has 4 nitrogen and oxygen atoms in total. The van der Waals surface area contributed by atoms with Gasteiger partial charge < -0.3 is 11.1 Å². The highest BCUT2D eigenvalue weighted by molar-refractivity contribution is 9.10. The summed E-state index contributed by atoms with van der Waals surface area (Å²) < 4.78 is 0.786. The van der Waals surface area contributed by atoms with E-state index in [-0.39, 0.29) is 5.91 Å². The third-order valence-corrected chi connectivity index (χ3v) is 3.49. The van der Waals surface area contributed by atoms with Crippen LogP contribution in [0.1, 0.15) is 11.1 Å². The molecule has 106 valence electrons. The molecule has 1 atom stereocenters. The number of nitriles is 1. The molecule has 0 unspecified atom stereocenters. The van der Waals surface area contributed by atoms with E-state index in [0.29, 0.717) is 17.7 Å². The molecule has 2 aromatic rings. The van der Waals surface area contributed by atoms with Crippen LogP contribution >= 0.6 is 15.9 Å². The first-order valence-corrected chi connectivity index (χ1v) is 7.19. The van der Waals surface area contributed by atoms with E-state index in [1.807, 2.05) is 36.4 Å². The number of rotatable bonds is 4. The molecule has 0 aliphatic heterocycles. The number of nitrogens with zero attached hydrogens (tertiary/aromatic N) is 1. The molecule has 0 aromatic heterocycles. The van der Waals surface area contributed by atoms with Gasteiger partial charge in [-0.2, -0.15) is 5.26 Å². The number of benzene rings is 2. The number of carbonyl (C=O) groups is 1. The molecule has 1 amide bonds. The summed E-state index contributed by atoms with van der Waals surface area (Å²) in [6, 6.07) is 16.0. The number of hydrogen-bond donors (Lipinski definition) is 2. The number of anilines is 1. The van der Waals surface area contributed by atoms with Gasteiger partial charge in [-0.05, 0) is 30.2 Å². The van der Waals surface area contributed by atoms with Crippen molar-refractivity contribution in [3.8, 4) is 6.07 Å². The monoisotopic (exact) mass is 343 g/mol. The number of amides is 1. The van der Waals surface area contributed by atoms with E-state index in [9.17, 15) is 4.79 Å². The van der Waals surface area contributed by atoms with Crippen molar-refractivity contribution in [1.82, 2.24) is 0 Å². The van der Waals surface area contributed by atoms with Gasteiger partial charge in [0.25, 0.3) is 0 Å². The predicted octanol–water partition coefficient (Wildman–Crippen LogP) is 2.83. The minimum absolute atomic E-state index is 0.312. The summed E-state index contributed by atoms with van der Waals surface area (Å²) in [6.45, 7) is 0. The van der Waals surface area contributed by atoms with Crippen LogP contribution in [-0.2, 0) is 11.2 Å². The Hall–Kier alpha value is -2.16. The van der Waals surface area contributed by atoms with Gasteiger partial charge in [-0.1, -0.05) is 46.3 Å². The van der Waals surface area contributed by atoms with Crippen molar-refractivity contribution in [2.75, 3.05) is 5.32 Å². The molecule has 0 saturated carbocycles. The van der Waals surface area contributed by atoms with Crippen LogP contribution in [0.4, 0.5) is 5.69 Å². The van der Waals surface area contributed by atoms with Crippen LogP contribution in [0.5, 0.6) is 0 Å². The lowest BCUT2D eigenvalue weighted by Crippen LogP contribution is -2.37. The normalized spacial score (nSPS) is 11.5. The molecule has 0 heterocycles. The standard InChI is InChI=1S/C16H14BrN3O/c17-13-7-6-12(10-18)15(9-13)20-16(21)14(19)8-11-4-2-1-3-5-11/h1-7,9,14H,8,19H2,(H,20,21)/t14-/m0/s1. The molecule has 0 saturated heterocycles. The van der Waals surface area contributed by atoms with Crippen molar-refractivity contribution in [1.29, 1.82) is 5.26 Å². The Balaban J connectivity index is 2.08. The van der Waals surface area contributed by atoms with E-state index in [4.69, 9.17) is 11.0 Å². The van der Waals surface area contributed by atoms with Gasteiger partial charge in [-0.15, -0.1) is 0 Å². The zero-order valence-corrected chi connectivity index (χ0v) is 12.8. The van der Waals surface area contributed by atoms with Gasteiger partial charge in [0, 0.05) is 4.47 Å². The van der Waals surface area contributed by atoms with Gasteiger partial charge in [0.15, 0.2) is 0 Å². The molecule has 0 radical (unpaired) electrons. The Bertz CT molecular complexity index is 680. The van der Waals surface area contributed by atoms with E-state index in [1.54, 1.807) is 18.2 Å². The lowest BCUT2D eigenvalue weighted by molar-refractivity contribution is -0.117. The van der Waals surface area contributed by atoms with Gasteiger partial charge in [0.05, 0.1) is 17.3 Å². The molecule has 0 aliphatic rings. The first kappa shape index (κ1) is 15.2. The van der Waals surface area contributed by atoms with Crippen molar-refractivity contribution < 1.29 is 4.79 Å². The average molecular weight is 344 g/mol. The molecule has 0 fully saturated rings. The number of nitrogens with two attached hydrogens (primary N) is 1. The van der Waals surface area contributed by atoms with E-state index in [1.165, 1.54) is 0 Å². The van der Waals surface area contributed by atoms with Gasteiger partial charge >= 0.3 is 0 Å². The van der Waals surface area contributed by atoms with E-state index in [0.717, 1.165) is 10.0 Å². The topological polar surface area (TPSA) is 78.9 Å². The highest BCUT2D eigenvalue weighted by Gasteiger charge is 2.15. The van der Waals surface area contributed by atoms with Gasteiger partial charge in [-0.25, -0.2) is 0 Å². The molecular weight excluding hydrogens is 330 g/mol. The van der Waals surface area contributed by atoms with Crippen LogP contribution in [0.3, 0.4) is 0 Å². The molecule has 5 heteroatoms. The minimum Gasteiger partial charge on any atom is -0.323 e. The maximum Gasteiger partial charge on any atom is 0.241 e. The van der Waals surface area contributed by atoms with Crippen molar-refractivity contribution in [3.63, 3.8) is 0 Å². The molecule has 0 aliphatic carbocycles. The van der Waals surface area contributed by atoms with Crippen molar-refractivity contribution >= 4 is 27.5 Å². The molecular formula is C16H14BrN3O. The van der Waals surface area contributed by atoms with Crippen LogP contribution in [0.2, 0.25) is 0 Å². The number of halogens is 1. The van der Waals surface area contributed by atoms with Crippen LogP contribution in [-0.4, -0.2) is 11.9 Å². The van der Waals surface area contributed by atoms with Crippen LogP contribution in [0.25, 0.3) is 0 Å². The summed E-state index contributed by atoms with van der Waals surface area (Å²) in [5, 5.41) is 11.8. The fourth-order valence-electron chi connectivity index (χ4n) is 1.90. The minimum atomic E-state index is -0.669. The smallest absolute Gasteiger partial charge is 0.241 e. The highest BCUT2D eigenvalue weighted by atomic mass is 79.9. The lowest BCUT2D eigenvalue weighted by atomic mass is 10.1. The third-order valence-electron chi connectivity index (χ3n) is 3.00. The second-order valence-corrected chi connectivity index (χ2v) is 5.50. The van der Waals surface area contributed by atoms with Crippen LogP contribution in [0, 0.1) is 11.3 Å². The Labute approximate surface area is 131 Å². The Kier molecular flexibility index (Phi) is 5.09. The summed E-state index contributed by atoms with van der Waals surface area (Å²) in [5.41, 5.74) is 7.78. The van der Waals surface area contributed by atoms with Crippen molar-refractivity contribution in [3.05, 3.63) is 64.1 Å². The summed E-state index contributed by atoms with van der Waals surface area (Å²) >= 11 is 3.31. The maximum atomic E-state index is 12.1. The molecule has 3 N–H and O–H groups in total. The second kappa shape index (κ2) is 7.02. The predicted molar refractivity (Wildman–Crippen MR) is 85.6 cm³/mol. The molecule has 2 aromatic carbocycles. The molecule has 21 heavy (non-hydrogen) atoms. The maximum absolute atomic E-state index is 12.1. The lowest BCUT2D eigenvalue weighted by Gasteiger charge is -2.13. The van der Waals surface area contributed by atoms with Crippen LogP contribution < -0.4 is 11.1 Å². The summed E-state index contributed by atoms with van der Waals surface area (Å²) in [4.78, 5) is 12.1. The third kappa shape index (κ3) is 4.15. The first-order valence-electron chi connectivity index (χ1n) is 6.40. The fraction of sp³-hybridized carbons (Fsp3) is 0.125. The molecule has 0 bridgehead atoms. The summed E-state index contributed by atoms with van der Waals surface area (Å²) in [7, 11) is 0. The second-order valence-electron chi connectivity index (χ2n) is 4.59. The quantitative estimate of drug-likeness (QED) is 0.895. The average Bonchev–Trinajstić information content (AvgIpc) is 2.48. The Morgan fingerprint density at radius 3 is 2.67 bits per heavy atom. The zero-order chi connectivity index (χ0) is 15.2. The number of carbonyl (C=O) groups excluding carboxylic acids is 1. The van der Waals surface area contributed by atoms with Gasteiger partial charge in [-0.3, -0.25) is 4.79 Å². The Morgan fingerprint density at radius 2 is 2.00 bits per heavy atom. The zero-order valence-electron chi connectivity index (χ0n) is 11.2. The van der Waals surface area contributed by atoms with E-state index >= 15 is 0 Å². The Morgan fingerprint density at radius 1 is 1.29 bits per heavy atom. The van der Waals surface area contributed by atoms with Crippen molar-refractivity contribution in [2.45, 2.75) is 12.5 Å². The van der Waals surface area contributed by atoms with Crippen molar-refractivity contribution in [2.24, 2.45) is 5.73 Å². The van der Waals surface area contributed by atoms with Gasteiger partial charge in [0.2, 0.25) is 5.91 Å².